The molecule has 0 heterocycles. The molecule has 2 unspecified atom stereocenters. The van der Waals surface area contributed by atoms with E-state index in [4.69, 9.17) is 5.73 Å². The van der Waals surface area contributed by atoms with E-state index in [1.54, 1.807) is 0 Å². The van der Waals surface area contributed by atoms with Gasteiger partial charge in [-0.15, -0.1) is 0 Å². The Morgan fingerprint density at radius 1 is 1.15 bits per heavy atom. The Labute approximate surface area is 82.3 Å². The summed E-state index contributed by atoms with van der Waals surface area (Å²) in [5.41, 5.74) is 5.42. The Balaban J connectivity index is 1.69. The molecule has 1 rings (SSSR count). The normalized spacial score (nSPS) is 26.3. The molecule has 0 spiro atoms. The molecule has 1 fully saturated rings. The number of nitrogens with one attached hydrogen (secondary N) is 1. The Bertz CT molecular complexity index is 125. The SMILES string of the molecule is CC1CC1NCCCCCCCN. The molecular formula is C11H24N2. The van der Waals surface area contributed by atoms with Crippen molar-refractivity contribution in [2.45, 2.75) is 51.5 Å². The maximum absolute atomic E-state index is 5.42. The predicted molar refractivity (Wildman–Crippen MR) is 57.7 cm³/mol. The highest BCUT2D eigenvalue weighted by atomic mass is 15.0. The molecule has 0 aromatic heterocycles. The first-order valence-electron chi connectivity index (χ1n) is 5.78. The lowest BCUT2D eigenvalue weighted by atomic mass is 10.1. The van der Waals surface area contributed by atoms with Crippen molar-refractivity contribution < 1.29 is 0 Å². The van der Waals surface area contributed by atoms with E-state index in [1.165, 1.54) is 45.1 Å². The lowest BCUT2D eigenvalue weighted by Crippen LogP contribution is -2.18. The van der Waals surface area contributed by atoms with Gasteiger partial charge in [-0.1, -0.05) is 26.2 Å². The average molecular weight is 184 g/mol. The Morgan fingerprint density at radius 2 is 1.77 bits per heavy atom. The summed E-state index contributed by atoms with van der Waals surface area (Å²) in [5.74, 6) is 0.942. The first kappa shape index (κ1) is 11.0. The second kappa shape index (κ2) is 6.39. The van der Waals surface area contributed by atoms with Gasteiger partial charge in [-0.25, -0.2) is 0 Å². The topological polar surface area (TPSA) is 38.0 Å². The highest BCUT2D eigenvalue weighted by molar-refractivity contribution is 4.89. The van der Waals surface area contributed by atoms with Crippen LogP contribution in [-0.2, 0) is 0 Å². The van der Waals surface area contributed by atoms with E-state index < -0.39 is 0 Å². The first-order valence-corrected chi connectivity index (χ1v) is 5.78. The largest absolute Gasteiger partial charge is 0.330 e. The predicted octanol–water partition coefficient (Wildman–Crippen LogP) is 1.89. The maximum Gasteiger partial charge on any atom is 0.00963 e. The van der Waals surface area contributed by atoms with Gasteiger partial charge < -0.3 is 11.1 Å². The van der Waals surface area contributed by atoms with E-state index >= 15 is 0 Å². The van der Waals surface area contributed by atoms with Gasteiger partial charge in [-0.05, 0) is 38.3 Å². The number of hydrogen-bond acceptors (Lipinski definition) is 2. The fraction of sp³-hybridized carbons (Fsp3) is 1.00. The van der Waals surface area contributed by atoms with Crippen molar-refractivity contribution >= 4 is 0 Å². The van der Waals surface area contributed by atoms with Crippen molar-refractivity contribution in [2.75, 3.05) is 13.1 Å². The van der Waals surface area contributed by atoms with E-state index in [-0.39, 0.29) is 0 Å². The van der Waals surface area contributed by atoms with Crippen molar-refractivity contribution in [3.63, 3.8) is 0 Å². The maximum atomic E-state index is 5.42. The van der Waals surface area contributed by atoms with E-state index in [0.29, 0.717) is 0 Å². The molecule has 0 saturated heterocycles. The highest BCUT2D eigenvalue weighted by Crippen LogP contribution is 2.28. The van der Waals surface area contributed by atoms with Crippen LogP contribution in [0.4, 0.5) is 0 Å². The third-order valence-electron chi connectivity index (χ3n) is 2.90. The van der Waals surface area contributed by atoms with E-state index in [1.807, 2.05) is 0 Å². The second-order valence-electron chi connectivity index (χ2n) is 4.33. The van der Waals surface area contributed by atoms with Gasteiger partial charge in [0.15, 0.2) is 0 Å². The van der Waals surface area contributed by atoms with Gasteiger partial charge in [0.1, 0.15) is 0 Å². The lowest BCUT2D eigenvalue weighted by molar-refractivity contribution is 0.566. The molecule has 0 aliphatic heterocycles. The molecule has 1 saturated carbocycles. The fourth-order valence-corrected chi connectivity index (χ4v) is 1.69. The highest BCUT2D eigenvalue weighted by Gasteiger charge is 2.31. The summed E-state index contributed by atoms with van der Waals surface area (Å²) in [6.45, 7) is 4.40. The van der Waals surface area contributed by atoms with Gasteiger partial charge in [0.05, 0.1) is 0 Å². The van der Waals surface area contributed by atoms with E-state index in [0.717, 1.165) is 18.5 Å². The molecule has 0 radical (unpaired) electrons. The fourth-order valence-electron chi connectivity index (χ4n) is 1.69. The Kier molecular flexibility index (Phi) is 5.40. The molecule has 2 heteroatoms. The zero-order valence-corrected chi connectivity index (χ0v) is 8.89. The van der Waals surface area contributed by atoms with Gasteiger partial charge in [0.2, 0.25) is 0 Å². The summed E-state index contributed by atoms with van der Waals surface area (Å²) >= 11 is 0. The molecule has 0 aromatic rings. The van der Waals surface area contributed by atoms with Crippen LogP contribution in [0.2, 0.25) is 0 Å². The van der Waals surface area contributed by atoms with Crippen molar-refractivity contribution in [2.24, 2.45) is 11.7 Å². The number of rotatable bonds is 8. The van der Waals surface area contributed by atoms with E-state index in [2.05, 4.69) is 12.2 Å². The van der Waals surface area contributed by atoms with Crippen LogP contribution in [0.3, 0.4) is 0 Å². The van der Waals surface area contributed by atoms with Crippen LogP contribution in [0.15, 0.2) is 0 Å². The van der Waals surface area contributed by atoms with Gasteiger partial charge in [0.25, 0.3) is 0 Å². The molecule has 0 bridgehead atoms. The standard InChI is InChI=1S/C11H24N2/c1-10-9-11(10)13-8-6-4-2-3-5-7-12/h10-11,13H,2-9,12H2,1H3. The molecule has 0 aromatic carbocycles. The molecular weight excluding hydrogens is 160 g/mol. The van der Waals surface area contributed by atoms with Crippen molar-refractivity contribution in [3.8, 4) is 0 Å². The van der Waals surface area contributed by atoms with Crippen LogP contribution < -0.4 is 11.1 Å². The summed E-state index contributed by atoms with van der Waals surface area (Å²) < 4.78 is 0. The minimum Gasteiger partial charge on any atom is -0.330 e. The van der Waals surface area contributed by atoms with Crippen LogP contribution in [0.1, 0.15) is 45.4 Å². The van der Waals surface area contributed by atoms with Crippen LogP contribution in [0, 0.1) is 5.92 Å². The summed E-state index contributed by atoms with van der Waals surface area (Å²) in [7, 11) is 0. The summed E-state index contributed by atoms with van der Waals surface area (Å²) in [4.78, 5) is 0. The Hall–Kier alpha value is -0.0800. The lowest BCUT2D eigenvalue weighted by Gasteiger charge is -2.02. The monoisotopic (exact) mass is 184 g/mol. The second-order valence-corrected chi connectivity index (χ2v) is 4.33. The molecule has 78 valence electrons. The van der Waals surface area contributed by atoms with Gasteiger partial charge in [-0.3, -0.25) is 0 Å². The number of unbranched alkanes of at least 4 members (excludes halogenated alkanes) is 4. The Morgan fingerprint density at radius 3 is 2.38 bits per heavy atom. The average Bonchev–Trinajstić information content (AvgIpc) is 2.81. The van der Waals surface area contributed by atoms with Gasteiger partial charge in [-0.2, -0.15) is 0 Å². The summed E-state index contributed by atoms with van der Waals surface area (Å²) in [6.07, 6.45) is 7.98. The molecule has 0 amide bonds. The zero-order chi connectivity index (χ0) is 9.52. The smallest absolute Gasteiger partial charge is 0.00963 e. The van der Waals surface area contributed by atoms with Gasteiger partial charge >= 0.3 is 0 Å². The van der Waals surface area contributed by atoms with Crippen molar-refractivity contribution in [1.29, 1.82) is 0 Å². The van der Waals surface area contributed by atoms with Crippen LogP contribution in [0.5, 0.6) is 0 Å². The quantitative estimate of drug-likeness (QED) is 0.565. The molecule has 2 nitrogen and oxygen atoms in total. The van der Waals surface area contributed by atoms with Crippen molar-refractivity contribution in [1.82, 2.24) is 5.32 Å². The number of hydrogen-bond donors (Lipinski definition) is 2. The third kappa shape index (κ3) is 5.27. The first-order chi connectivity index (χ1) is 6.34. The van der Waals surface area contributed by atoms with E-state index in [9.17, 15) is 0 Å². The molecule has 1 aliphatic carbocycles. The zero-order valence-electron chi connectivity index (χ0n) is 8.89. The molecule has 1 aliphatic rings. The molecule has 13 heavy (non-hydrogen) atoms. The van der Waals surface area contributed by atoms with Crippen LogP contribution in [-0.4, -0.2) is 19.1 Å². The summed E-state index contributed by atoms with van der Waals surface area (Å²) in [6, 6.07) is 0.851. The van der Waals surface area contributed by atoms with Gasteiger partial charge in [0, 0.05) is 6.04 Å². The minimum absolute atomic E-state index is 0.851. The molecule has 3 N–H and O–H groups in total. The van der Waals surface area contributed by atoms with Crippen molar-refractivity contribution in [3.05, 3.63) is 0 Å². The molecule has 2 atom stereocenters. The van der Waals surface area contributed by atoms with Crippen LogP contribution >= 0.6 is 0 Å². The summed E-state index contributed by atoms with van der Waals surface area (Å²) in [5, 5.41) is 3.57. The van der Waals surface area contributed by atoms with Crippen LogP contribution in [0.25, 0.3) is 0 Å². The minimum atomic E-state index is 0.851. The third-order valence-corrected chi connectivity index (χ3v) is 2.90. The number of nitrogens with two attached hydrogens (primary N) is 1.